The van der Waals surface area contributed by atoms with Gasteiger partial charge in [-0.05, 0) is 6.42 Å². The molecule has 0 heterocycles. The molecular formula is C13H14MnO4. The van der Waals surface area contributed by atoms with E-state index in [2.05, 4.69) is 20.0 Å². The molecule has 4 nitrogen and oxygen atoms in total. The minimum atomic E-state index is 0. The van der Waals surface area contributed by atoms with E-state index in [0.717, 1.165) is 6.42 Å². The average molecular weight is 289 g/mol. The SMILES string of the molecule is CC(C)C(=O)C1C=CC=CC1.[C-]#[O+].[C-]#[O+].[C-]#[O+].[Mn]. The number of allylic oxidation sites excluding steroid dienone is 4. The summed E-state index contributed by atoms with van der Waals surface area (Å²) in [6.45, 7) is 17.4. The maximum atomic E-state index is 11.4. The third kappa shape index (κ3) is 13.0. The van der Waals surface area contributed by atoms with Crippen LogP contribution in [0, 0.1) is 31.8 Å². The normalized spacial score (nSPS) is 14.2. The Bertz CT molecular complexity index is 296. The Morgan fingerprint density at radius 3 is 1.83 bits per heavy atom. The fourth-order valence-corrected chi connectivity index (χ4v) is 1.22. The van der Waals surface area contributed by atoms with Crippen molar-refractivity contribution in [2.24, 2.45) is 11.8 Å². The fourth-order valence-electron chi connectivity index (χ4n) is 1.22. The van der Waals surface area contributed by atoms with Crippen LogP contribution in [0.2, 0.25) is 0 Å². The molecule has 0 amide bonds. The zero-order valence-electron chi connectivity index (χ0n) is 10.2. The molecule has 0 fully saturated rings. The number of rotatable bonds is 2. The molecule has 0 aromatic carbocycles. The van der Waals surface area contributed by atoms with Gasteiger partial charge in [0.2, 0.25) is 0 Å². The van der Waals surface area contributed by atoms with Gasteiger partial charge >= 0.3 is 33.9 Å². The second-order valence-electron chi connectivity index (χ2n) is 3.21. The molecule has 0 N–H and O–H groups in total. The maximum Gasteiger partial charge on any atom is 0 e. The number of Topliss-reactive ketones (excluding diaryl/α,β-unsaturated/α-hetero) is 1. The molecular weight excluding hydrogens is 275 g/mol. The van der Waals surface area contributed by atoms with Gasteiger partial charge in [-0.15, -0.1) is 0 Å². The molecule has 0 saturated carbocycles. The summed E-state index contributed by atoms with van der Waals surface area (Å²) >= 11 is 0. The maximum absolute atomic E-state index is 11.4. The van der Waals surface area contributed by atoms with Crippen molar-refractivity contribution in [3.8, 4) is 0 Å². The Morgan fingerprint density at radius 2 is 1.56 bits per heavy atom. The summed E-state index contributed by atoms with van der Waals surface area (Å²) in [6.07, 6.45) is 8.86. The molecule has 1 unspecified atom stereocenters. The molecule has 18 heavy (non-hydrogen) atoms. The van der Waals surface area contributed by atoms with Crippen molar-refractivity contribution in [3.05, 3.63) is 44.3 Å². The van der Waals surface area contributed by atoms with Crippen LogP contribution < -0.4 is 0 Å². The van der Waals surface area contributed by atoms with Crippen molar-refractivity contribution in [1.29, 1.82) is 0 Å². The summed E-state index contributed by atoms with van der Waals surface area (Å²) in [4.78, 5) is 11.4. The van der Waals surface area contributed by atoms with Gasteiger partial charge in [0.1, 0.15) is 5.78 Å². The van der Waals surface area contributed by atoms with Crippen molar-refractivity contribution in [2.75, 3.05) is 0 Å². The van der Waals surface area contributed by atoms with Gasteiger partial charge < -0.3 is 0 Å². The van der Waals surface area contributed by atoms with Gasteiger partial charge in [0, 0.05) is 28.9 Å². The van der Waals surface area contributed by atoms with Gasteiger partial charge in [-0.2, -0.15) is 0 Å². The predicted octanol–water partition coefficient (Wildman–Crippen LogP) is 2.23. The standard InChI is InChI=1S/C10H14O.3CO.Mn/c1-8(2)10(11)9-6-4-3-5-7-9;3*1-2;/h3-6,8-9H,7H2,1-2H3;;;;. The molecule has 1 radical (unpaired) electrons. The number of carbonyl (C=O) groups excluding carboxylic acids is 1. The van der Waals surface area contributed by atoms with Crippen molar-refractivity contribution in [3.63, 3.8) is 0 Å². The molecule has 0 bridgehead atoms. The van der Waals surface area contributed by atoms with Gasteiger partial charge in [0.15, 0.2) is 0 Å². The first-order chi connectivity index (χ1) is 8.22. The molecule has 1 aliphatic rings. The number of hydrogen-bond acceptors (Lipinski definition) is 1. The Labute approximate surface area is 118 Å². The average Bonchev–Trinajstić information content (AvgIpc) is 2.45. The Kier molecular flexibility index (Phi) is 30.2. The molecule has 0 aromatic heterocycles. The van der Waals surface area contributed by atoms with Gasteiger partial charge in [-0.1, -0.05) is 38.2 Å². The second-order valence-corrected chi connectivity index (χ2v) is 3.21. The van der Waals surface area contributed by atoms with E-state index in [1.165, 1.54) is 0 Å². The Balaban J connectivity index is -0.000000123. The first-order valence-electron chi connectivity index (χ1n) is 4.70. The third-order valence-corrected chi connectivity index (χ3v) is 1.92. The van der Waals surface area contributed by atoms with Crippen LogP contribution in [0.5, 0.6) is 0 Å². The van der Waals surface area contributed by atoms with Crippen molar-refractivity contribution < 1.29 is 35.8 Å². The van der Waals surface area contributed by atoms with Crippen LogP contribution >= 0.6 is 0 Å². The van der Waals surface area contributed by atoms with E-state index in [1.807, 2.05) is 38.2 Å². The van der Waals surface area contributed by atoms with Gasteiger partial charge in [-0.25, -0.2) is 0 Å². The minimum absolute atomic E-state index is 0. The van der Waals surface area contributed by atoms with Crippen LogP contribution in [0.4, 0.5) is 0 Å². The van der Waals surface area contributed by atoms with Gasteiger partial charge in [0.05, 0.1) is 0 Å². The predicted molar refractivity (Wildman–Crippen MR) is 58.0 cm³/mol. The Morgan fingerprint density at radius 1 is 1.11 bits per heavy atom. The van der Waals surface area contributed by atoms with Gasteiger partial charge in [0.25, 0.3) is 0 Å². The summed E-state index contributed by atoms with van der Waals surface area (Å²) in [6, 6.07) is 0. The summed E-state index contributed by atoms with van der Waals surface area (Å²) in [5, 5.41) is 0. The van der Waals surface area contributed by atoms with Crippen LogP contribution in [-0.4, -0.2) is 5.78 Å². The minimum Gasteiger partial charge on any atom is 0 e. The number of ketones is 1. The smallest absolute Gasteiger partial charge is 0 e. The van der Waals surface area contributed by atoms with E-state index in [-0.39, 0.29) is 28.9 Å². The topological polar surface area (TPSA) is 76.8 Å². The van der Waals surface area contributed by atoms with E-state index < -0.39 is 0 Å². The quantitative estimate of drug-likeness (QED) is 0.436. The van der Waals surface area contributed by atoms with Gasteiger partial charge in [-0.3, -0.25) is 4.79 Å². The van der Waals surface area contributed by atoms with E-state index in [4.69, 9.17) is 14.0 Å². The molecule has 0 aromatic rings. The van der Waals surface area contributed by atoms with Crippen molar-refractivity contribution in [2.45, 2.75) is 20.3 Å². The zero-order valence-corrected chi connectivity index (χ0v) is 11.4. The van der Waals surface area contributed by atoms with E-state index in [0.29, 0.717) is 5.78 Å². The Hall–Kier alpha value is -1.11. The summed E-state index contributed by atoms with van der Waals surface area (Å²) in [5.41, 5.74) is 0. The van der Waals surface area contributed by atoms with Crippen LogP contribution in [0.3, 0.4) is 0 Å². The molecule has 1 atom stereocenters. The molecule has 1 rings (SSSR count). The number of hydrogen-bond donors (Lipinski definition) is 0. The van der Waals surface area contributed by atoms with E-state index in [9.17, 15) is 4.79 Å². The monoisotopic (exact) mass is 289 g/mol. The van der Waals surface area contributed by atoms with E-state index in [1.54, 1.807) is 0 Å². The van der Waals surface area contributed by atoms with Crippen LogP contribution in [0.25, 0.3) is 0 Å². The van der Waals surface area contributed by atoms with Crippen LogP contribution in [0.1, 0.15) is 20.3 Å². The molecule has 0 spiro atoms. The van der Waals surface area contributed by atoms with Crippen LogP contribution in [0.15, 0.2) is 24.3 Å². The molecule has 0 aliphatic heterocycles. The van der Waals surface area contributed by atoms with E-state index >= 15 is 0 Å². The molecule has 0 saturated heterocycles. The van der Waals surface area contributed by atoms with Crippen molar-refractivity contribution >= 4 is 5.78 Å². The summed E-state index contributed by atoms with van der Waals surface area (Å²) in [7, 11) is 0. The third-order valence-electron chi connectivity index (χ3n) is 1.92. The first-order valence-corrected chi connectivity index (χ1v) is 4.70. The summed E-state index contributed by atoms with van der Waals surface area (Å²) < 4.78 is 22.5. The largest absolute Gasteiger partial charge is 0 e. The summed E-state index contributed by atoms with van der Waals surface area (Å²) in [5.74, 6) is 0.654. The first kappa shape index (κ1) is 25.7. The molecule has 5 heteroatoms. The molecule has 97 valence electrons. The second kappa shape index (κ2) is 21.2. The fraction of sp³-hybridized carbons (Fsp3) is 0.385. The zero-order chi connectivity index (χ0) is 14.3. The van der Waals surface area contributed by atoms with Crippen molar-refractivity contribution in [1.82, 2.24) is 0 Å². The molecule has 1 aliphatic carbocycles. The van der Waals surface area contributed by atoms with Crippen LogP contribution in [-0.2, 0) is 35.8 Å². The number of carbonyl (C=O) groups is 1.